The van der Waals surface area contributed by atoms with Gasteiger partial charge in [-0.25, -0.2) is 0 Å². The van der Waals surface area contributed by atoms with E-state index in [4.69, 9.17) is 40.5 Å². The second-order valence-corrected chi connectivity index (χ2v) is 7.55. The molecular weight excluding hydrogens is 413 g/mol. The van der Waals surface area contributed by atoms with Crippen molar-refractivity contribution in [2.75, 3.05) is 11.1 Å². The van der Waals surface area contributed by atoms with E-state index in [-0.39, 0.29) is 32.5 Å². The minimum Gasteiger partial charge on any atom is -0.396 e. The monoisotopic (exact) mass is 421 g/mol. The quantitative estimate of drug-likeness (QED) is 0.495. The van der Waals surface area contributed by atoms with E-state index in [9.17, 15) is 10.1 Å². The number of ketones is 1. The molecule has 0 atom stereocenters. The smallest absolute Gasteiger partial charge is 0.206 e. The Kier molecular flexibility index (Phi) is 5.40. The van der Waals surface area contributed by atoms with Gasteiger partial charge < -0.3 is 11.1 Å². The molecule has 0 amide bonds. The third kappa shape index (κ3) is 3.64. The molecule has 130 valence electrons. The molecule has 0 unspecified atom stereocenters. The molecule has 0 fully saturated rings. The number of carbonyl (C=O) groups is 1. The molecule has 0 bridgehead atoms. The molecule has 0 radical (unpaired) electrons. The number of carbonyl (C=O) groups excluding carboxylic acids is 1. The van der Waals surface area contributed by atoms with Crippen LogP contribution in [-0.4, -0.2) is 5.78 Å². The summed E-state index contributed by atoms with van der Waals surface area (Å²) in [6.45, 7) is 0. The number of nitrogens with one attached hydrogen (secondary N) is 1. The van der Waals surface area contributed by atoms with Crippen LogP contribution in [0, 0.1) is 11.3 Å². The fourth-order valence-electron chi connectivity index (χ4n) is 2.27. The van der Waals surface area contributed by atoms with E-state index in [1.165, 1.54) is 12.1 Å². The van der Waals surface area contributed by atoms with Crippen LogP contribution in [0.4, 0.5) is 16.4 Å². The number of nitrogen functional groups attached to an aromatic ring is 1. The summed E-state index contributed by atoms with van der Waals surface area (Å²) in [7, 11) is 0. The van der Waals surface area contributed by atoms with Gasteiger partial charge in [-0.05, 0) is 42.5 Å². The maximum Gasteiger partial charge on any atom is 0.206 e. The zero-order chi connectivity index (χ0) is 18.8. The van der Waals surface area contributed by atoms with Gasteiger partial charge in [-0.15, -0.1) is 11.3 Å². The van der Waals surface area contributed by atoms with Crippen LogP contribution in [0.1, 0.15) is 20.8 Å². The van der Waals surface area contributed by atoms with Gasteiger partial charge in [0.15, 0.2) is 0 Å². The molecule has 3 N–H and O–H groups in total. The van der Waals surface area contributed by atoms with Crippen molar-refractivity contribution < 1.29 is 4.79 Å². The molecule has 26 heavy (non-hydrogen) atoms. The molecule has 0 aliphatic heterocycles. The Morgan fingerprint density at radius 2 is 1.73 bits per heavy atom. The Morgan fingerprint density at radius 3 is 2.35 bits per heavy atom. The van der Waals surface area contributed by atoms with Gasteiger partial charge in [-0.1, -0.05) is 34.8 Å². The van der Waals surface area contributed by atoms with E-state index in [1.807, 2.05) is 6.07 Å². The zero-order valence-corrected chi connectivity index (χ0v) is 16.1. The molecular formula is C18H10Cl3N3OS. The van der Waals surface area contributed by atoms with Crippen LogP contribution >= 0.6 is 46.1 Å². The fourth-order valence-corrected chi connectivity index (χ4v) is 3.94. The minimum absolute atomic E-state index is 0.116. The number of thiophene rings is 1. The summed E-state index contributed by atoms with van der Waals surface area (Å²) in [4.78, 5) is 13.1. The van der Waals surface area contributed by atoms with Gasteiger partial charge in [-0.3, -0.25) is 4.79 Å². The summed E-state index contributed by atoms with van der Waals surface area (Å²) in [5.41, 5.74) is 7.36. The summed E-state index contributed by atoms with van der Waals surface area (Å²) >= 11 is 19.0. The molecule has 0 saturated heterocycles. The number of benzene rings is 2. The third-order valence-corrected chi connectivity index (χ3v) is 5.46. The van der Waals surface area contributed by atoms with Gasteiger partial charge in [-0.2, -0.15) is 5.26 Å². The number of nitriles is 1. The average Bonchev–Trinajstić information content (AvgIpc) is 2.92. The number of hydrogen-bond acceptors (Lipinski definition) is 5. The Balaban J connectivity index is 2.01. The first-order chi connectivity index (χ1) is 12.4. The maximum absolute atomic E-state index is 12.8. The average molecular weight is 423 g/mol. The lowest BCUT2D eigenvalue weighted by atomic mass is 10.1. The topological polar surface area (TPSA) is 78.9 Å². The second kappa shape index (κ2) is 7.56. The zero-order valence-electron chi connectivity index (χ0n) is 13.0. The van der Waals surface area contributed by atoms with Gasteiger partial charge >= 0.3 is 0 Å². The highest BCUT2D eigenvalue weighted by Gasteiger charge is 2.23. The van der Waals surface area contributed by atoms with Gasteiger partial charge in [0.05, 0.1) is 10.7 Å². The van der Waals surface area contributed by atoms with Crippen LogP contribution in [0.3, 0.4) is 0 Å². The van der Waals surface area contributed by atoms with Gasteiger partial charge in [0.1, 0.15) is 21.5 Å². The molecule has 8 heteroatoms. The first-order valence-electron chi connectivity index (χ1n) is 7.25. The van der Waals surface area contributed by atoms with Crippen molar-refractivity contribution in [3.05, 3.63) is 73.5 Å². The van der Waals surface area contributed by atoms with Crippen LogP contribution in [0.2, 0.25) is 15.1 Å². The highest BCUT2D eigenvalue weighted by molar-refractivity contribution is 7.19. The second-order valence-electron chi connectivity index (χ2n) is 5.25. The van der Waals surface area contributed by atoms with E-state index >= 15 is 0 Å². The summed E-state index contributed by atoms with van der Waals surface area (Å²) < 4.78 is 0. The van der Waals surface area contributed by atoms with E-state index < -0.39 is 0 Å². The molecule has 1 heterocycles. The van der Waals surface area contributed by atoms with E-state index in [2.05, 4.69) is 5.32 Å². The molecule has 0 aliphatic rings. The number of halogens is 3. The predicted octanol–water partition coefficient (Wildman–Crippen LogP) is 6.14. The first kappa shape index (κ1) is 18.6. The minimum atomic E-state index is -0.366. The van der Waals surface area contributed by atoms with Crippen LogP contribution in [0.15, 0.2) is 42.5 Å². The standard InChI is InChI=1S/C18H10Cl3N3OS/c19-9-1-4-11(5-2-9)24-18-13(8-22)15(23)17(26-18)16(25)12-6-3-10(20)7-14(12)21/h1-7,24H,23H2. The SMILES string of the molecule is N#Cc1c(Nc2ccc(Cl)cc2)sc(C(=O)c2ccc(Cl)cc2Cl)c1N. The third-order valence-electron chi connectivity index (χ3n) is 3.54. The highest BCUT2D eigenvalue weighted by atomic mass is 35.5. The van der Waals surface area contributed by atoms with Crippen molar-refractivity contribution >= 4 is 68.3 Å². The van der Waals surface area contributed by atoms with Crippen LogP contribution in [0.25, 0.3) is 0 Å². The number of nitrogens with zero attached hydrogens (tertiary/aromatic N) is 1. The van der Waals surface area contributed by atoms with Crippen molar-refractivity contribution in [2.45, 2.75) is 0 Å². The summed E-state index contributed by atoms with van der Waals surface area (Å²) in [6.07, 6.45) is 0. The van der Waals surface area contributed by atoms with Crippen molar-refractivity contribution in [3.8, 4) is 6.07 Å². The Bertz CT molecular complexity index is 1040. The molecule has 4 nitrogen and oxygen atoms in total. The molecule has 3 aromatic rings. The molecule has 1 aromatic heterocycles. The van der Waals surface area contributed by atoms with E-state index in [1.54, 1.807) is 30.3 Å². The first-order valence-corrected chi connectivity index (χ1v) is 9.20. The van der Waals surface area contributed by atoms with Gasteiger partial charge in [0.25, 0.3) is 0 Å². The lowest BCUT2D eigenvalue weighted by Crippen LogP contribution is -2.03. The van der Waals surface area contributed by atoms with Crippen molar-refractivity contribution in [2.24, 2.45) is 0 Å². The van der Waals surface area contributed by atoms with Gasteiger partial charge in [0, 0.05) is 21.3 Å². The fraction of sp³-hybridized carbons (Fsp3) is 0. The predicted molar refractivity (Wildman–Crippen MR) is 108 cm³/mol. The molecule has 0 aliphatic carbocycles. The van der Waals surface area contributed by atoms with Crippen LogP contribution in [-0.2, 0) is 0 Å². The number of nitrogens with two attached hydrogens (primary N) is 1. The van der Waals surface area contributed by atoms with Crippen molar-refractivity contribution in [1.82, 2.24) is 0 Å². The van der Waals surface area contributed by atoms with Crippen molar-refractivity contribution in [1.29, 1.82) is 5.26 Å². The number of rotatable bonds is 4. The van der Waals surface area contributed by atoms with Crippen LogP contribution in [0.5, 0.6) is 0 Å². The molecule has 3 rings (SSSR count). The molecule has 0 spiro atoms. The normalized spacial score (nSPS) is 10.4. The van der Waals surface area contributed by atoms with Crippen molar-refractivity contribution in [3.63, 3.8) is 0 Å². The largest absolute Gasteiger partial charge is 0.396 e. The Labute approximate surface area is 168 Å². The lowest BCUT2D eigenvalue weighted by molar-refractivity contribution is 0.104. The Morgan fingerprint density at radius 1 is 1.08 bits per heavy atom. The number of anilines is 3. The highest BCUT2D eigenvalue weighted by Crippen LogP contribution is 2.39. The molecule has 2 aromatic carbocycles. The van der Waals surface area contributed by atoms with E-state index in [0.717, 1.165) is 17.0 Å². The molecule has 0 saturated carbocycles. The summed E-state index contributed by atoms with van der Waals surface area (Å²) in [5.74, 6) is -0.366. The lowest BCUT2D eigenvalue weighted by Gasteiger charge is -2.04. The van der Waals surface area contributed by atoms with Crippen LogP contribution < -0.4 is 11.1 Å². The van der Waals surface area contributed by atoms with Gasteiger partial charge in [0.2, 0.25) is 5.78 Å². The summed E-state index contributed by atoms with van der Waals surface area (Å²) in [6, 6.07) is 13.6. The Hall–Kier alpha value is -2.23. The van der Waals surface area contributed by atoms with E-state index in [0.29, 0.717) is 15.0 Å². The maximum atomic E-state index is 12.8. The summed E-state index contributed by atoms with van der Waals surface area (Å²) in [5, 5.41) is 14.2. The number of hydrogen-bond donors (Lipinski definition) is 2.